The smallest absolute Gasteiger partial charge is 0.191 e. The summed E-state index contributed by atoms with van der Waals surface area (Å²) >= 11 is 0. The Labute approximate surface area is 183 Å². The molecule has 28 heavy (non-hydrogen) atoms. The van der Waals surface area contributed by atoms with Gasteiger partial charge in [-0.05, 0) is 23.3 Å². The van der Waals surface area contributed by atoms with Gasteiger partial charge in [-0.2, -0.15) is 5.10 Å². The lowest BCUT2D eigenvalue weighted by molar-refractivity contribution is 0.414. The Morgan fingerprint density at radius 1 is 1.00 bits per heavy atom. The van der Waals surface area contributed by atoms with Gasteiger partial charge < -0.3 is 15.4 Å². The van der Waals surface area contributed by atoms with Gasteiger partial charge in [0, 0.05) is 31.9 Å². The first-order valence-electron chi connectivity index (χ1n) is 8.89. The van der Waals surface area contributed by atoms with Crippen LogP contribution in [0, 0.1) is 0 Å². The normalized spacial score (nSPS) is 10.9. The molecule has 0 aliphatic rings. The number of halogens is 1. The Hall–Kier alpha value is -2.55. The number of rotatable bonds is 7. The Balaban J connectivity index is 0.00000280. The number of aromatic nitrogens is 2. The first kappa shape index (κ1) is 21.7. The van der Waals surface area contributed by atoms with E-state index in [1.165, 1.54) is 5.56 Å². The zero-order chi connectivity index (χ0) is 18.9. The SMILES string of the molecule is CN=C(NCc1cccc(OC)c1)NCc1cnn(Cc2ccccc2)c1.I. The molecule has 0 aliphatic carbocycles. The number of benzene rings is 2. The van der Waals surface area contributed by atoms with Crippen molar-refractivity contribution in [2.24, 2.45) is 4.99 Å². The van der Waals surface area contributed by atoms with E-state index in [2.05, 4.69) is 45.1 Å². The van der Waals surface area contributed by atoms with E-state index >= 15 is 0 Å². The van der Waals surface area contributed by atoms with E-state index in [1.54, 1.807) is 14.2 Å². The Morgan fingerprint density at radius 3 is 2.43 bits per heavy atom. The maximum atomic E-state index is 5.26. The summed E-state index contributed by atoms with van der Waals surface area (Å²) in [5.41, 5.74) is 3.47. The first-order valence-corrected chi connectivity index (χ1v) is 8.89. The molecule has 1 aromatic heterocycles. The van der Waals surface area contributed by atoms with Gasteiger partial charge in [0.05, 0.1) is 19.9 Å². The summed E-state index contributed by atoms with van der Waals surface area (Å²) < 4.78 is 7.20. The molecule has 0 atom stereocenters. The summed E-state index contributed by atoms with van der Waals surface area (Å²) in [6, 6.07) is 18.3. The number of methoxy groups -OCH3 is 1. The highest BCUT2D eigenvalue weighted by atomic mass is 127. The van der Waals surface area contributed by atoms with Crippen LogP contribution in [0.1, 0.15) is 16.7 Å². The highest BCUT2D eigenvalue weighted by molar-refractivity contribution is 14.0. The molecule has 0 spiro atoms. The molecule has 2 aromatic carbocycles. The molecule has 3 aromatic rings. The third-order valence-corrected chi connectivity index (χ3v) is 4.15. The third kappa shape index (κ3) is 6.56. The quantitative estimate of drug-likeness (QED) is 0.302. The van der Waals surface area contributed by atoms with Crippen LogP contribution in [0.4, 0.5) is 0 Å². The van der Waals surface area contributed by atoms with Crippen LogP contribution in [0.15, 0.2) is 72.0 Å². The average Bonchev–Trinajstić information content (AvgIpc) is 3.16. The van der Waals surface area contributed by atoms with Crippen molar-refractivity contribution in [3.8, 4) is 5.75 Å². The maximum absolute atomic E-state index is 5.26. The van der Waals surface area contributed by atoms with Gasteiger partial charge in [-0.25, -0.2) is 0 Å². The van der Waals surface area contributed by atoms with E-state index in [-0.39, 0.29) is 24.0 Å². The Kier molecular flexibility index (Phi) is 8.80. The summed E-state index contributed by atoms with van der Waals surface area (Å²) in [4.78, 5) is 4.27. The minimum atomic E-state index is 0. The van der Waals surface area contributed by atoms with Crippen LogP contribution in [-0.2, 0) is 19.6 Å². The topological polar surface area (TPSA) is 63.5 Å². The zero-order valence-corrected chi connectivity index (χ0v) is 18.5. The minimum absolute atomic E-state index is 0. The number of nitrogens with one attached hydrogen (secondary N) is 2. The van der Waals surface area contributed by atoms with Gasteiger partial charge >= 0.3 is 0 Å². The summed E-state index contributed by atoms with van der Waals surface area (Å²) in [5.74, 6) is 1.59. The van der Waals surface area contributed by atoms with Gasteiger partial charge in [0.1, 0.15) is 5.75 Å². The molecule has 2 N–H and O–H groups in total. The second kappa shape index (κ2) is 11.3. The van der Waals surface area contributed by atoms with Crippen molar-refractivity contribution in [3.05, 3.63) is 83.7 Å². The number of ether oxygens (including phenoxy) is 1. The van der Waals surface area contributed by atoms with E-state index < -0.39 is 0 Å². The van der Waals surface area contributed by atoms with Crippen molar-refractivity contribution in [3.63, 3.8) is 0 Å². The van der Waals surface area contributed by atoms with Crippen molar-refractivity contribution in [2.45, 2.75) is 19.6 Å². The van der Waals surface area contributed by atoms with Crippen LogP contribution < -0.4 is 15.4 Å². The summed E-state index contributed by atoms with van der Waals surface area (Å²) in [6.07, 6.45) is 3.93. The molecule has 6 nitrogen and oxygen atoms in total. The molecule has 7 heteroatoms. The lowest BCUT2D eigenvalue weighted by atomic mass is 10.2. The molecule has 1 heterocycles. The van der Waals surface area contributed by atoms with Gasteiger partial charge in [-0.3, -0.25) is 9.67 Å². The van der Waals surface area contributed by atoms with Crippen LogP contribution in [-0.4, -0.2) is 29.9 Å². The van der Waals surface area contributed by atoms with Crippen molar-refractivity contribution in [1.82, 2.24) is 20.4 Å². The van der Waals surface area contributed by atoms with E-state index in [0.717, 1.165) is 29.4 Å². The minimum Gasteiger partial charge on any atom is -0.497 e. The van der Waals surface area contributed by atoms with Gasteiger partial charge in [0.25, 0.3) is 0 Å². The predicted molar refractivity (Wildman–Crippen MR) is 123 cm³/mol. The summed E-state index contributed by atoms with van der Waals surface area (Å²) in [5, 5.41) is 11.1. The van der Waals surface area contributed by atoms with E-state index in [1.807, 2.05) is 47.3 Å². The maximum Gasteiger partial charge on any atom is 0.191 e. The number of nitrogens with zero attached hydrogens (tertiary/aromatic N) is 3. The highest BCUT2D eigenvalue weighted by Gasteiger charge is 2.03. The molecule has 0 amide bonds. The number of hydrogen-bond acceptors (Lipinski definition) is 3. The van der Waals surface area contributed by atoms with Crippen molar-refractivity contribution < 1.29 is 4.74 Å². The molecule has 0 saturated carbocycles. The van der Waals surface area contributed by atoms with Gasteiger partial charge in [-0.15, -0.1) is 24.0 Å². The molecular formula is C21H26IN5O. The van der Waals surface area contributed by atoms with Crippen molar-refractivity contribution >= 4 is 29.9 Å². The summed E-state index contributed by atoms with van der Waals surface area (Å²) in [6.45, 7) is 2.10. The molecule has 3 rings (SSSR count). The Morgan fingerprint density at radius 2 is 1.71 bits per heavy atom. The van der Waals surface area contributed by atoms with Gasteiger partial charge in [0.15, 0.2) is 5.96 Å². The van der Waals surface area contributed by atoms with Crippen LogP contribution >= 0.6 is 24.0 Å². The summed E-state index contributed by atoms with van der Waals surface area (Å²) in [7, 11) is 3.44. The largest absolute Gasteiger partial charge is 0.497 e. The third-order valence-electron chi connectivity index (χ3n) is 4.15. The molecule has 0 aliphatic heterocycles. The van der Waals surface area contributed by atoms with E-state index in [4.69, 9.17) is 4.74 Å². The van der Waals surface area contributed by atoms with Crippen LogP contribution in [0.25, 0.3) is 0 Å². The Bertz CT molecular complexity index is 879. The zero-order valence-electron chi connectivity index (χ0n) is 16.1. The molecule has 0 fully saturated rings. The average molecular weight is 491 g/mol. The molecular weight excluding hydrogens is 465 g/mol. The highest BCUT2D eigenvalue weighted by Crippen LogP contribution is 2.12. The lowest BCUT2D eigenvalue weighted by Crippen LogP contribution is -2.36. The fraction of sp³-hybridized carbons (Fsp3) is 0.238. The molecule has 0 unspecified atom stereocenters. The molecule has 0 bridgehead atoms. The molecule has 0 radical (unpaired) electrons. The first-order chi connectivity index (χ1) is 13.3. The predicted octanol–water partition coefficient (Wildman–Crippen LogP) is 3.42. The van der Waals surface area contributed by atoms with Crippen LogP contribution in [0.2, 0.25) is 0 Å². The molecule has 0 saturated heterocycles. The van der Waals surface area contributed by atoms with Gasteiger partial charge in [0.2, 0.25) is 0 Å². The fourth-order valence-electron chi connectivity index (χ4n) is 2.73. The second-order valence-electron chi connectivity index (χ2n) is 6.16. The fourth-order valence-corrected chi connectivity index (χ4v) is 2.73. The monoisotopic (exact) mass is 491 g/mol. The van der Waals surface area contributed by atoms with Crippen molar-refractivity contribution in [2.75, 3.05) is 14.2 Å². The number of guanidine groups is 1. The van der Waals surface area contributed by atoms with Crippen LogP contribution in [0.5, 0.6) is 5.75 Å². The number of aliphatic imine (C=N–C) groups is 1. The molecule has 148 valence electrons. The standard InChI is InChI=1S/C21H25N5O.HI/c1-22-21(23-12-18-9-6-10-20(11-18)27-2)24-13-19-14-25-26(16-19)15-17-7-4-3-5-8-17;/h3-11,14,16H,12-13,15H2,1-2H3,(H2,22,23,24);1H. The number of hydrogen-bond donors (Lipinski definition) is 2. The van der Waals surface area contributed by atoms with Crippen LogP contribution in [0.3, 0.4) is 0 Å². The second-order valence-corrected chi connectivity index (χ2v) is 6.16. The lowest BCUT2D eigenvalue weighted by Gasteiger charge is -2.11. The van der Waals surface area contributed by atoms with E-state index in [0.29, 0.717) is 13.1 Å². The van der Waals surface area contributed by atoms with E-state index in [9.17, 15) is 0 Å². The van der Waals surface area contributed by atoms with Gasteiger partial charge in [-0.1, -0.05) is 42.5 Å². The van der Waals surface area contributed by atoms with Crippen molar-refractivity contribution in [1.29, 1.82) is 0 Å².